The smallest absolute Gasteiger partial charge is 0.160 e. The molecule has 0 saturated carbocycles. The summed E-state index contributed by atoms with van der Waals surface area (Å²) in [6.07, 6.45) is 8.98. The van der Waals surface area contributed by atoms with Crippen LogP contribution in [0, 0.1) is 0 Å². The first-order valence-corrected chi connectivity index (χ1v) is 15.4. The summed E-state index contributed by atoms with van der Waals surface area (Å²) < 4.78 is 2.24. The minimum absolute atomic E-state index is 0.722. The molecule has 3 heterocycles. The predicted octanol–water partition coefficient (Wildman–Crippen LogP) is 10.3. The van der Waals surface area contributed by atoms with E-state index in [1.807, 2.05) is 12.1 Å². The molecule has 4 heteroatoms. The molecule has 1 aliphatic rings. The van der Waals surface area contributed by atoms with Crippen molar-refractivity contribution in [2.75, 3.05) is 0 Å². The topological polar surface area (TPSA) is 43.1 Å². The molecule has 0 bridgehead atoms. The van der Waals surface area contributed by atoms with Crippen LogP contribution in [-0.2, 0) is 0 Å². The van der Waals surface area contributed by atoms with E-state index < -0.39 is 0 Å². The summed E-state index contributed by atoms with van der Waals surface area (Å²) in [4.78, 5) is 15.1. The Morgan fingerprint density at radius 2 is 1.29 bits per heavy atom. The molecule has 0 spiro atoms. The second kappa shape index (κ2) is 10.4. The van der Waals surface area contributed by atoms with Crippen molar-refractivity contribution in [2.45, 2.75) is 12.8 Å². The highest BCUT2D eigenvalue weighted by Gasteiger charge is 2.14. The van der Waals surface area contributed by atoms with Crippen LogP contribution in [0.3, 0.4) is 0 Å². The summed E-state index contributed by atoms with van der Waals surface area (Å²) in [5, 5.41) is 2.22. The molecule has 0 atom stereocenters. The Morgan fingerprint density at radius 1 is 0.511 bits per heavy atom. The number of pyridine rings is 1. The average molecular weight is 577 g/mol. The fourth-order valence-corrected chi connectivity index (χ4v) is 6.58. The molecule has 8 aromatic rings. The van der Waals surface area contributed by atoms with Gasteiger partial charge in [0.15, 0.2) is 5.82 Å². The third-order valence-corrected chi connectivity index (χ3v) is 8.79. The maximum atomic E-state index is 5.21. The van der Waals surface area contributed by atoms with Crippen LogP contribution >= 0.6 is 0 Å². The van der Waals surface area contributed by atoms with Gasteiger partial charge in [-0.1, -0.05) is 91.0 Å². The summed E-state index contributed by atoms with van der Waals surface area (Å²) in [6, 6.07) is 44.8. The lowest BCUT2D eigenvalue weighted by molar-refractivity contribution is 1.04. The maximum Gasteiger partial charge on any atom is 0.160 e. The maximum absolute atomic E-state index is 5.21. The van der Waals surface area contributed by atoms with E-state index in [4.69, 9.17) is 15.0 Å². The zero-order chi connectivity index (χ0) is 29.7. The summed E-state index contributed by atoms with van der Waals surface area (Å²) in [7, 11) is 0. The van der Waals surface area contributed by atoms with Crippen molar-refractivity contribution in [3.05, 3.63) is 151 Å². The Labute approximate surface area is 260 Å². The molecule has 0 saturated heterocycles. The van der Waals surface area contributed by atoms with Gasteiger partial charge in [-0.25, -0.2) is 15.0 Å². The monoisotopic (exact) mass is 576 g/mol. The number of nitrogens with zero attached hydrogens (tertiary/aromatic N) is 4. The van der Waals surface area contributed by atoms with Gasteiger partial charge in [0.1, 0.15) is 5.65 Å². The first kappa shape index (κ1) is 25.6. The van der Waals surface area contributed by atoms with Crippen molar-refractivity contribution in [1.29, 1.82) is 0 Å². The van der Waals surface area contributed by atoms with Gasteiger partial charge in [0.25, 0.3) is 0 Å². The van der Waals surface area contributed by atoms with E-state index in [-0.39, 0.29) is 0 Å². The lowest BCUT2D eigenvalue weighted by Gasteiger charge is -2.13. The number of rotatable bonds is 4. The second-order valence-corrected chi connectivity index (χ2v) is 11.6. The molecule has 0 N–H and O–H groups in total. The Hall–Kier alpha value is -5.87. The third kappa shape index (κ3) is 4.42. The number of benzene rings is 5. The van der Waals surface area contributed by atoms with Crippen molar-refractivity contribution >= 4 is 44.1 Å². The molecule has 3 aromatic heterocycles. The van der Waals surface area contributed by atoms with Gasteiger partial charge >= 0.3 is 0 Å². The van der Waals surface area contributed by atoms with E-state index in [0.717, 1.165) is 79.7 Å². The van der Waals surface area contributed by atoms with E-state index in [2.05, 4.69) is 138 Å². The number of allylic oxidation sites excluding steroid dienone is 4. The molecule has 0 fully saturated rings. The third-order valence-electron chi connectivity index (χ3n) is 8.79. The first-order chi connectivity index (χ1) is 22.3. The molecule has 0 aliphatic heterocycles. The fourth-order valence-electron chi connectivity index (χ4n) is 6.58. The van der Waals surface area contributed by atoms with E-state index in [9.17, 15) is 0 Å². The van der Waals surface area contributed by atoms with Gasteiger partial charge in [-0.15, -0.1) is 0 Å². The summed E-state index contributed by atoms with van der Waals surface area (Å²) in [5.41, 5.74) is 13.0. The molecule has 45 heavy (non-hydrogen) atoms. The van der Waals surface area contributed by atoms with Crippen LogP contribution in [0.4, 0.5) is 0 Å². The van der Waals surface area contributed by atoms with Crippen LogP contribution in [0.25, 0.3) is 77.8 Å². The highest BCUT2D eigenvalue weighted by molar-refractivity contribution is 5.95. The highest BCUT2D eigenvalue weighted by atomic mass is 15.0. The molecule has 9 rings (SSSR count). The zero-order valence-electron chi connectivity index (χ0n) is 24.6. The van der Waals surface area contributed by atoms with Crippen molar-refractivity contribution < 1.29 is 0 Å². The molecular weight excluding hydrogens is 548 g/mol. The van der Waals surface area contributed by atoms with Gasteiger partial charge in [0, 0.05) is 16.5 Å². The van der Waals surface area contributed by atoms with Crippen LogP contribution in [0.15, 0.2) is 146 Å². The highest BCUT2D eigenvalue weighted by Crippen LogP contribution is 2.34. The molecule has 5 aromatic carbocycles. The molecule has 0 unspecified atom stereocenters. The number of hydrogen-bond donors (Lipinski definition) is 0. The Morgan fingerprint density at radius 3 is 2.20 bits per heavy atom. The minimum Gasteiger partial charge on any atom is -0.292 e. The number of para-hydroxylation sites is 3. The van der Waals surface area contributed by atoms with Gasteiger partial charge in [-0.05, 0) is 95.1 Å². The molecule has 212 valence electrons. The summed E-state index contributed by atoms with van der Waals surface area (Å²) in [5.74, 6) is 0.722. The number of fused-ring (bicyclic) bond motifs is 6. The lowest BCUT2D eigenvalue weighted by Crippen LogP contribution is -1.96. The number of aromatic nitrogens is 4. The van der Waals surface area contributed by atoms with Gasteiger partial charge in [-0.3, -0.25) is 4.40 Å². The largest absolute Gasteiger partial charge is 0.292 e. The van der Waals surface area contributed by atoms with E-state index in [1.165, 1.54) is 16.5 Å². The van der Waals surface area contributed by atoms with Crippen molar-refractivity contribution in [2.24, 2.45) is 0 Å². The van der Waals surface area contributed by atoms with Crippen molar-refractivity contribution in [1.82, 2.24) is 19.4 Å². The van der Waals surface area contributed by atoms with Gasteiger partial charge in [0.05, 0.1) is 27.8 Å². The van der Waals surface area contributed by atoms with Crippen LogP contribution in [0.5, 0.6) is 0 Å². The normalized spacial score (nSPS) is 13.2. The SMILES string of the molecule is C1=CC(c2cccc(-c3nc(-c4cccc(-c5ccc6c(ccc7nc8ccccc8n76)c5)c4)nc4ccccc34)c2)=CCC1. The Balaban J connectivity index is 1.15. The molecule has 1 aliphatic carbocycles. The lowest BCUT2D eigenvalue weighted by atomic mass is 9.96. The van der Waals surface area contributed by atoms with Gasteiger partial charge in [0.2, 0.25) is 0 Å². The number of imidazole rings is 1. The second-order valence-electron chi connectivity index (χ2n) is 11.6. The van der Waals surface area contributed by atoms with E-state index >= 15 is 0 Å². The fraction of sp³-hybridized carbons (Fsp3) is 0.0488. The summed E-state index contributed by atoms with van der Waals surface area (Å²) >= 11 is 0. The van der Waals surface area contributed by atoms with Gasteiger partial charge in [-0.2, -0.15) is 0 Å². The van der Waals surface area contributed by atoms with E-state index in [1.54, 1.807) is 0 Å². The summed E-state index contributed by atoms with van der Waals surface area (Å²) in [6.45, 7) is 0. The van der Waals surface area contributed by atoms with E-state index in [0.29, 0.717) is 0 Å². The zero-order valence-corrected chi connectivity index (χ0v) is 24.6. The standard InChI is InChI=1S/C41H28N4/c1-2-10-27(11-3-1)28-12-8-14-32(25-28)40-34-16-4-5-17-35(34)43-41(44-40)33-15-9-13-29(26-33)30-20-22-37-31(24-30)21-23-39-42-36-18-6-7-19-38(36)45(37)39/h2,4-26H,1,3H2. The van der Waals surface area contributed by atoms with Crippen LogP contribution in [0.1, 0.15) is 18.4 Å². The average Bonchev–Trinajstić information content (AvgIpc) is 3.51. The quantitative estimate of drug-likeness (QED) is 0.209. The minimum atomic E-state index is 0.722. The van der Waals surface area contributed by atoms with Crippen LogP contribution < -0.4 is 0 Å². The van der Waals surface area contributed by atoms with Crippen molar-refractivity contribution in [3.8, 4) is 33.8 Å². The predicted molar refractivity (Wildman–Crippen MR) is 186 cm³/mol. The number of hydrogen-bond acceptors (Lipinski definition) is 3. The van der Waals surface area contributed by atoms with Crippen LogP contribution in [-0.4, -0.2) is 19.4 Å². The van der Waals surface area contributed by atoms with Gasteiger partial charge < -0.3 is 0 Å². The Kier molecular flexibility index (Phi) is 5.91. The molecule has 4 nitrogen and oxygen atoms in total. The first-order valence-electron chi connectivity index (χ1n) is 15.4. The molecule has 0 radical (unpaired) electrons. The molecular formula is C41H28N4. The molecule has 0 amide bonds. The van der Waals surface area contributed by atoms with Crippen molar-refractivity contribution in [3.63, 3.8) is 0 Å². The van der Waals surface area contributed by atoms with Crippen LogP contribution in [0.2, 0.25) is 0 Å². The Bertz CT molecular complexity index is 2500.